The predicted octanol–water partition coefficient (Wildman–Crippen LogP) is 6.92. The van der Waals surface area contributed by atoms with Crippen molar-refractivity contribution in [3.63, 3.8) is 0 Å². The molecule has 0 unspecified atom stereocenters. The van der Waals surface area contributed by atoms with Crippen molar-refractivity contribution in [1.29, 1.82) is 0 Å². The first-order valence-electron chi connectivity index (χ1n) is 11.9. The van der Waals surface area contributed by atoms with Gasteiger partial charge in [0.2, 0.25) is 0 Å². The van der Waals surface area contributed by atoms with Crippen LogP contribution < -0.4 is 14.8 Å². The Kier molecular flexibility index (Phi) is 7.84. The molecular weight excluding hydrogens is 434 g/mol. The van der Waals surface area contributed by atoms with Crippen molar-refractivity contribution < 1.29 is 14.3 Å². The Bertz CT molecular complexity index is 1210. The normalized spacial score (nSPS) is 10.9. The number of carbonyl (C=O) groups is 1. The van der Waals surface area contributed by atoms with Crippen molar-refractivity contribution in [1.82, 2.24) is 5.32 Å². The zero-order chi connectivity index (χ0) is 24.6. The van der Waals surface area contributed by atoms with Gasteiger partial charge in [0.1, 0.15) is 18.1 Å². The summed E-state index contributed by atoms with van der Waals surface area (Å²) in [4.78, 5) is 13.4. The van der Waals surface area contributed by atoms with Gasteiger partial charge in [-0.1, -0.05) is 92.7 Å². The van der Waals surface area contributed by atoms with Crippen molar-refractivity contribution >= 4 is 5.91 Å². The lowest BCUT2D eigenvalue weighted by Crippen LogP contribution is -2.29. The van der Waals surface area contributed by atoms with Crippen LogP contribution in [0.1, 0.15) is 58.4 Å². The lowest BCUT2D eigenvalue weighted by molar-refractivity contribution is 0.0942. The minimum Gasteiger partial charge on any atom is -0.496 e. The molecule has 0 heterocycles. The van der Waals surface area contributed by atoms with E-state index in [1.54, 1.807) is 13.2 Å². The van der Waals surface area contributed by atoms with E-state index >= 15 is 0 Å². The highest BCUT2D eigenvalue weighted by Gasteiger charge is 2.19. The SMILES string of the molecule is COc1ccc(C(=O)NC(c2ccccc2)c2ccccc2)cc1COc1ccccc1C(C)C. The zero-order valence-corrected chi connectivity index (χ0v) is 20.4. The third kappa shape index (κ3) is 5.90. The second-order valence-electron chi connectivity index (χ2n) is 8.74. The Balaban J connectivity index is 1.58. The van der Waals surface area contributed by atoms with Gasteiger partial charge in [-0.15, -0.1) is 0 Å². The molecule has 0 radical (unpaired) electrons. The monoisotopic (exact) mass is 465 g/mol. The molecule has 0 aliphatic rings. The Morgan fingerprint density at radius 1 is 0.771 bits per heavy atom. The molecule has 4 nitrogen and oxygen atoms in total. The molecule has 0 atom stereocenters. The Morgan fingerprint density at radius 3 is 1.97 bits per heavy atom. The van der Waals surface area contributed by atoms with Gasteiger partial charge in [-0.3, -0.25) is 4.79 Å². The molecular formula is C31H31NO3. The summed E-state index contributed by atoms with van der Waals surface area (Å²) in [5.41, 5.74) is 4.56. The van der Waals surface area contributed by atoms with Gasteiger partial charge in [0.25, 0.3) is 5.91 Å². The number of hydrogen-bond acceptors (Lipinski definition) is 3. The van der Waals surface area contributed by atoms with Gasteiger partial charge in [0.05, 0.1) is 13.2 Å². The molecule has 4 rings (SSSR count). The molecule has 1 amide bonds. The number of nitrogens with one attached hydrogen (secondary N) is 1. The summed E-state index contributed by atoms with van der Waals surface area (Å²) < 4.78 is 11.7. The van der Waals surface area contributed by atoms with Crippen LogP contribution in [0.5, 0.6) is 11.5 Å². The minimum absolute atomic E-state index is 0.158. The van der Waals surface area contributed by atoms with E-state index in [0.717, 1.165) is 28.0 Å². The maximum Gasteiger partial charge on any atom is 0.252 e. The molecule has 35 heavy (non-hydrogen) atoms. The number of methoxy groups -OCH3 is 1. The molecule has 4 aromatic rings. The average molecular weight is 466 g/mol. The number of benzene rings is 4. The number of para-hydroxylation sites is 1. The number of hydrogen-bond donors (Lipinski definition) is 1. The number of ether oxygens (including phenoxy) is 2. The number of amides is 1. The molecule has 0 saturated heterocycles. The summed E-state index contributed by atoms with van der Waals surface area (Å²) in [6, 6.07) is 33.2. The van der Waals surface area contributed by atoms with Crippen LogP contribution in [0.4, 0.5) is 0 Å². The molecule has 0 bridgehead atoms. The van der Waals surface area contributed by atoms with Crippen molar-refractivity contribution in [2.24, 2.45) is 0 Å². The Hall–Kier alpha value is -4.05. The average Bonchev–Trinajstić information content (AvgIpc) is 2.91. The summed E-state index contributed by atoms with van der Waals surface area (Å²) in [5, 5.41) is 3.21. The predicted molar refractivity (Wildman–Crippen MR) is 140 cm³/mol. The lowest BCUT2D eigenvalue weighted by Gasteiger charge is -2.20. The maximum absolute atomic E-state index is 13.4. The third-order valence-electron chi connectivity index (χ3n) is 6.01. The lowest BCUT2D eigenvalue weighted by atomic mass is 9.98. The van der Waals surface area contributed by atoms with Gasteiger partial charge in [-0.05, 0) is 46.9 Å². The van der Waals surface area contributed by atoms with E-state index in [4.69, 9.17) is 9.47 Å². The molecule has 178 valence electrons. The van der Waals surface area contributed by atoms with Gasteiger partial charge >= 0.3 is 0 Å². The van der Waals surface area contributed by atoms with E-state index in [0.29, 0.717) is 23.8 Å². The highest BCUT2D eigenvalue weighted by Crippen LogP contribution is 2.29. The molecule has 0 aliphatic carbocycles. The molecule has 0 aromatic heterocycles. The van der Waals surface area contributed by atoms with E-state index in [2.05, 4.69) is 25.2 Å². The van der Waals surface area contributed by atoms with Crippen LogP contribution in [0.25, 0.3) is 0 Å². The highest BCUT2D eigenvalue weighted by atomic mass is 16.5. The molecule has 1 N–H and O–H groups in total. The van der Waals surface area contributed by atoms with Crippen molar-refractivity contribution in [3.8, 4) is 11.5 Å². The topological polar surface area (TPSA) is 47.6 Å². The fourth-order valence-corrected chi connectivity index (χ4v) is 4.14. The van der Waals surface area contributed by atoms with Crippen molar-refractivity contribution in [2.45, 2.75) is 32.4 Å². The largest absolute Gasteiger partial charge is 0.496 e. The van der Waals surface area contributed by atoms with E-state index in [1.165, 1.54) is 0 Å². The van der Waals surface area contributed by atoms with Crippen LogP contribution in [0.2, 0.25) is 0 Å². The summed E-state index contributed by atoms with van der Waals surface area (Å²) in [7, 11) is 1.63. The first-order valence-corrected chi connectivity index (χ1v) is 11.9. The summed E-state index contributed by atoms with van der Waals surface area (Å²) in [5.74, 6) is 1.71. The van der Waals surface area contributed by atoms with Crippen LogP contribution in [0, 0.1) is 0 Å². The van der Waals surface area contributed by atoms with Crippen molar-refractivity contribution in [3.05, 3.63) is 131 Å². The molecule has 0 spiro atoms. The van der Waals surface area contributed by atoms with E-state index in [-0.39, 0.29) is 11.9 Å². The Labute approximate surface area is 207 Å². The van der Waals surface area contributed by atoms with Gasteiger partial charge in [-0.25, -0.2) is 0 Å². The van der Waals surface area contributed by atoms with Crippen LogP contribution in [0.15, 0.2) is 103 Å². The first kappa shape index (κ1) is 24.1. The standard InChI is InChI=1S/C31H31NO3/c1-22(2)27-16-10-11-17-29(27)35-21-26-20-25(18-19-28(26)34-3)31(33)32-30(23-12-6-4-7-13-23)24-14-8-5-9-15-24/h4-20,22,30H,21H2,1-3H3,(H,32,33). The van der Waals surface area contributed by atoms with Gasteiger partial charge in [0.15, 0.2) is 0 Å². The summed E-state index contributed by atoms with van der Waals surface area (Å²) in [6.45, 7) is 4.59. The molecule has 0 aliphatic heterocycles. The van der Waals surface area contributed by atoms with Crippen LogP contribution in [-0.2, 0) is 6.61 Å². The second kappa shape index (κ2) is 11.4. The quantitative estimate of drug-likeness (QED) is 0.292. The maximum atomic E-state index is 13.4. The molecule has 0 saturated carbocycles. The van der Waals surface area contributed by atoms with E-state index < -0.39 is 0 Å². The first-order chi connectivity index (χ1) is 17.1. The van der Waals surface area contributed by atoms with Gasteiger partial charge < -0.3 is 14.8 Å². The summed E-state index contributed by atoms with van der Waals surface area (Å²) in [6.07, 6.45) is 0. The molecule has 4 heteroatoms. The fourth-order valence-electron chi connectivity index (χ4n) is 4.14. The van der Waals surface area contributed by atoms with Gasteiger partial charge in [0, 0.05) is 11.1 Å². The summed E-state index contributed by atoms with van der Waals surface area (Å²) >= 11 is 0. The Morgan fingerprint density at radius 2 is 1.37 bits per heavy atom. The highest BCUT2D eigenvalue weighted by molar-refractivity contribution is 5.95. The van der Waals surface area contributed by atoms with Gasteiger partial charge in [-0.2, -0.15) is 0 Å². The minimum atomic E-state index is -0.260. The second-order valence-corrected chi connectivity index (χ2v) is 8.74. The van der Waals surface area contributed by atoms with Crippen LogP contribution in [0.3, 0.4) is 0 Å². The number of rotatable bonds is 9. The van der Waals surface area contributed by atoms with E-state index in [9.17, 15) is 4.79 Å². The fraction of sp³-hybridized carbons (Fsp3) is 0.194. The van der Waals surface area contributed by atoms with Crippen molar-refractivity contribution in [2.75, 3.05) is 7.11 Å². The molecule has 4 aromatic carbocycles. The number of carbonyl (C=O) groups excluding carboxylic acids is 1. The van der Waals surface area contributed by atoms with Crippen LogP contribution in [-0.4, -0.2) is 13.0 Å². The zero-order valence-electron chi connectivity index (χ0n) is 20.4. The molecule has 0 fully saturated rings. The smallest absolute Gasteiger partial charge is 0.252 e. The third-order valence-corrected chi connectivity index (χ3v) is 6.01. The van der Waals surface area contributed by atoms with Crippen LogP contribution >= 0.6 is 0 Å². The van der Waals surface area contributed by atoms with E-state index in [1.807, 2.05) is 91.0 Å².